The number of fused-ring (bicyclic) bond motifs is 10. The summed E-state index contributed by atoms with van der Waals surface area (Å²) < 4.78 is 23.8. The lowest BCUT2D eigenvalue weighted by atomic mass is 9.63. The van der Waals surface area contributed by atoms with Crippen molar-refractivity contribution < 1.29 is 38.1 Å². The van der Waals surface area contributed by atoms with E-state index in [1.54, 1.807) is 13.8 Å². The Kier molecular flexibility index (Phi) is 7.91. The van der Waals surface area contributed by atoms with E-state index in [-0.39, 0.29) is 41.1 Å². The highest BCUT2D eigenvalue weighted by atomic mass is 16.5. The molecule has 0 N–H and O–H groups in total. The molecule has 2 saturated heterocycles. The topological polar surface area (TPSA) is 105 Å². The molecular formula is C39H52O8. The Morgan fingerprint density at radius 3 is 1.43 bits per heavy atom. The number of hydrogen-bond donors (Lipinski definition) is 0. The Morgan fingerprint density at radius 2 is 1.04 bits per heavy atom. The Bertz CT molecular complexity index is 1260. The summed E-state index contributed by atoms with van der Waals surface area (Å²) in [6, 6.07) is 0. The molecular weight excluding hydrogens is 596 g/mol. The van der Waals surface area contributed by atoms with E-state index >= 15 is 0 Å². The van der Waals surface area contributed by atoms with Gasteiger partial charge >= 0.3 is 23.9 Å². The van der Waals surface area contributed by atoms with Crippen LogP contribution in [0.15, 0.2) is 24.3 Å². The molecule has 9 bridgehead atoms. The maximum absolute atomic E-state index is 13.4. The predicted octanol–water partition coefficient (Wildman–Crippen LogP) is 5.93. The number of esters is 4. The van der Waals surface area contributed by atoms with Crippen molar-refractivity contribution in [1.82, 2.24) is 0 Å². The minimum atomic E-state index is -0.305. The van der Waals surface area contributed by atoms with E-state index in [2.05, 4.69) is 13.2 Å². The van der Waals surface area contributed by atoms with E-state index in [0.717, 1.165) is 38.5 Å². The molecule has 0 aromatic carbocycles. The molecule has 7 saturated carbocycles. The molecule has 2 aliphatic heterocycles. The van der Waals surface area contributed by atoms with Crippen molar-refractivity contribution >= 4 is 23.9 Å². The summed E-state index contributed by atoms with van der Waals surface area (Å²) in [5, 5.41) is 0. The van der Waals surface area contributed by atoms with Crippen LogP contribution in [0.25, 0.3) is 0 Å². The van der Waals surface area contributed by atoms with E-state index in [4.69, 9.17) is 18.9 Å². The van der Waals surface area contributed by atoms with Crippen LogP contribution in [0.2, 0.25) is 0 Å². The van der Waals surface area contributed by atoms with Crippen LogP contribution in [0.3, 0.4) is 0 Å². The molecule has 8 heteroatoms. The molecule has 12 unspecified atom stereocenters. The highest BCUT2D eigenvalue weighted by Gasteiger charge is 2.81. The van der Waals surface area contributed by atoms with Gasteiger partial charge < -0.3 is 18.9 Å². The molecule has 12 atom stereocenters. The molecule has 0 amide bonds. The Hall–Kier alpha value is -2.64. The van der Waals surface area contributed by atoms with Gasteiger partial charge in [-0.05, 0) is 154 Å². The first-order valence-electron chi connectivity index (χ1n) is 18.6. The minimum absolute atomic E-state index is 0.0765. The lowest BCUT2D eigenvalue weighted by Crippen LogP contribution is -2.40. The fourth-order valence-corrected chi connectivity index (χ4v) is 13.8. The lowest BCUT2D eigenvalue weighted by molar-refractivity contribution is -0.157. The Morgan fingerprint density at radius 1 is 0.660 bits per heavy atom. The van der Waals surface area contributed by atoms with Crippen LogP contribution in [0, 0.1) is 88.3 Å². The second kappa shape index (κ2) is 11.8. The molecule has 0 aromatic rings. The van der Waals surface area contributed by atoms with Crippen LogP contribution < -0.4 is 0 Å². The molecule has 8 nitrogen and oxygen atoms in total. The van der Waals surface area contributed by atoms with E-state index in [0.29, 0.717) is 134 Å². The number of carbonyl (C=O) groups is 4. The molecule has 0 radical (unpaired) electrons. The van der Waals surface area contributed by atoms with Crippen molar-refractivity contribution in [1.29, 1.82) is 0 Å². The van der Waals surface area contributed by atoms with Gasteiger partial charge in [0.2, 0.25) is 0 Å². The number of hydrogen-bond acceptors (Lipinski definition) is 8. The van der Waals surface area contributed by atoms with Gasteiger partial charge in [-0.15, -0.1) is 0 Å². The van der Waals surface area contributed by atoms with E-state index in [9.17, 15) is 19.2 Å². The van der Waals surface area contributed by atoms with Crippen LogP contribution in [0.1, 0.15) is 78.1 Å². The van der Waals surface area contributed by atoms with Gasteiger partial charge in [0.1, 0.15) is 0 Å². The second-order valence-electron chi connectivity index (χ2n) is 17.2. The monoisotopic (exact) mass is 648 g/mol. The first kappa shape index (κ1) is 31.6. The predicted molar refractivity (Wildman–Crippen MR) is 171 cm³/mol. The maximum atomic E-state index is 13.4. The van der Waals surface area contributed by atoms with Crippen molar-refractivity contribution in [2.24, 2.45) is 88.3 Å². The van der Waals surface area contributed by atoms with Gasteiger partial charge in [0.15, 0.2) is 0 Å². The SMILES string of the molecule is C=C(C)C(=O)OCC1CC2C(C1)C1C3COC(=O)C4CCC(CC4)C(=O)OCC4CC5C6CC(COC(=O)C(=C)C)CC6C4C51C2C3. The Balaban J connectivity index is 1.10. The summed E-state index contributed by atoms with van der Waals surface area (Å²) in [7, 11) is 0. The molecule has 47 heavy (non-hydrogen) atoms. The summed E-state index contributed by atoms with van der Waals surface area (Å²) in [5.74, 6) is 4.68. The summed E-state index contributed by atoms with van der Waals surface area (Å²) >= 11 is 0. The highest BCUT2D eigenvalue weighted by molar-refractivity contribution is 5.87. The second-order valence-corrected chi connectivity index (χ2v) is 17.2. The van der Waals surface area contributed by atoms with Crippen molar-refractivity contribution in [3.63, 3.8) is 0 Å². The maximum Gasteiger partial charge on any atom is 0.333 e. The summed E-state index contributed by atoms with van der Waals surface area (Å²) in [4.78, 5) is 51.3. The molecule has 0 aromatic heterocycles. The zero-order valence-electron chi connectivity index (χ0n) is 28.2. The van der Waals surface area contributed by atoms with Gasteiger partial charge in [-0.2, -0.15) is 0 Å². The Labute approximate surface area is 278 Å². The molecule has 7 aliphatic carbocycles. The largest absolute Gasteiger partial charge is 0.465 e. The zero-order chi connectivity index (χ0) is 32.8. The van der Waals surface area contributed by atoms with Gasteiger partial charge in [-0.25, -0.2) is 9.59 Å². The average Bonchev–Trinajstić information content (AvgIpc) is 3.88. The normalized spacial score (nSPS) is 47.4. The minimum Gasteiger partial charge on any atom is -0.465 e. The zero-order valence-corrected chi connectivity index (χ0v) is 28.2. The highest BCUT2D eigenvalue weighted by Crippen LogP contribution is 2.84. The molecule has 9 fully saturated rings. The van der Waals surface area contributed by atoms with Crippen LogP contribution in [-0.4, -0.2) is 50.3 Å². The van der Waals surface area contributed by atoms with Crippen LogP contribution in [0.4, 0.5) is 0 Å². The third-order valence-corrected chi connectivity index (χ3v) is 14.9. The van der Waals surface area contributed by atoms with E-state index < -0.39 is 0 Å². The van der Waals surface area contributed by atoms with Crippen LogP contribution in [-0.2, 0) is 38.1 Å². The first-order chi connectivity index (χ1) is 22.6. The third kappa shape index (κ3) is 4.87. The van der Waals surface area contributed by atoms with Crippen LogP contribution in [0.5, 0.6) is 0 Å². The summed E-state index contributed by atoms with van der Waals surface area (Å²) in [6.07, 6.45) is 9.27. The molecule has 9 rings (SSSR count). The molecule has 2 heterocycles. The van der Waals surface area contributed by atoms with Gasteiger partial charge in [0.25, 0.3) is 0 Å². The van der Waals surface area contributed by atoms with Gasteiger partial charge in [0, 0.05) is 11.1 Å². The smallest absolute Gasteiger partial charge is 0.333 e. The van der Waals surface area contributed by atoms with Crippen molar-refractivity contribution in [2.45, 2.75) is 78.1 Å². The fraction of sp³-hybridized carbons (Fsp3) is 0.795. The van der Waals surface area contributed by atoms with Crippen LogP contribution >= 0.6 is 0 Å². The average molecular weight is 649 g/mol. The van der Waals surface area contributed by atoms with Gasteiger partial charge in [-0.3, -0.25) is 9.59 Å². The molecule has 9 aliphatic rings. The number of carbonyl (C=O) groups excluding carboxylic acids is 4. The van der Waals surface area contributed by atoms with E-state index in [1.807, 2.05) is 0 Å². The number of ether oxygens (including phenoxy) is 4. The third-order valence-electron chi connectivity index (χ3n) is 14.9. The van der Waals surface area contributed by atoms with E-state index in [1.165, 1.54) is 0 Å². The van der Waals surface area contributed by atoms with Gasteiger partial charge in [-0.1, -0.05) is 13.2 Å². The fourth-order valence-electron chi connectivity index (χ4n) is 13.8. The van der Waals surface area contributed by atoms with Crippen molar-refractivity contribution in [3.05, 3.63) is 24.3 Å². The lowest BCUT2D eigenvalue weighted by Gasteiger charge is -2.42. The molecule has 1 spiro atoms. The summed E-state index contributed by atoms with van der Waals surface area (Å²) in [6.45, 7) is 12.8. The standard InChI is InChI=1S/C39H52O8/c1-19(2)35(40)44-15-21-9-27-29(11-21)33-25-13-31(27)39(33)32-14-26(18-47-38(43)24-7-5-23(6-8-24)37(42)46-17-25)34(39)30-12-22(10-28(30)32)16-45-36(41)20(3)4/h21-34H,1,3,5-18H2,2,4H3. The van der Waals surface area contributed by atoms with Crippen molar-refractivity contribution in [3.8, 4) is 0 Å². The first-order valence-corrected chi connectivity index (χ1v) is 18.6. The van der Waals surface area contributed by atoms with Crippen molar-refractivity contribution in [2.75, 3.05) is 26.4 Å². The summed E-state index contributed by atoms with van der Waals surface area (Å²) in [5.41, 5.74) is 1.06. The van der Waals surface area contributed by atoms with Gasteiger partial charge in [0.05, 0.1) is 38.3 Å². The number of rotatable bonds is 6. The molecule has 256 valence electrons. The quantitative estimate of drug-likeness (QED) is 0.198.